The minimum absolute atomic E-state index is 0.510. The summed E-state index contributed by atoms with van der Waals surface area (Å²) in [5.74, 6) is 0.606. The number of nitriles is 1. The van der Waals surface area contributed by atoms with E-state index in [0.29, 0.717) is 22.0 Å². The second-order valence-electron chi connectivity index (χ2n) is 3.77. The Bertz CT molecular complexity index is 632. The maximum atomic E-state index is 9.11. The fourth-order valence-corrected chi connectivity index (χ4v) is 2.00. The number of anilines is 1. The van der Waals surface area contributed by atoms with E-state index < -0.39 is 0 Å². The van der Waals surface area contributed by atoms with Gasteiger partial charge in [-0.3, -0.25) is 0 Å². The van der Waals surface area contributed by atoms with E-state index in [4.69, 9.17) is 27.3 Å². The van der Waals surface area contributed by atoms with Gasteiger partial charge in [-0.1, -0.05) is 23.7 Å². The van der Waals surface area contributed by atoms with E-state index in [1.165, 1.54) is 0 Å². The molecule has 4 heteroatoms. The zero-order valence-corrected chi connectivity index (χ0v) is 10.5. The second-order valence-corrected chi connectivity index (χ2v) is 4.17. The first-order valence-electron chi connectivity index (χ1n) is 5.29. The molecule has 0 saturated carbocycles. The highest BCUT2D eigenvalue weighted by Crippen LogP contribution is 2.32. The fraction of sp³-hybridized carbons (Fsp3) is 0.0714. The van der Waals surface area contributed by atoms with Crippen LogP contribution in [0.25, 0.3) is 11.1 Å². The van der Waals surface area contributed by atoms with Crippen molar-refractivity contribution in [1.29, 1.82) is 5.26 Å². The van der Waals surface area contributed by atoms with Crippen molar-refractivity contribution in [2.75, 3.05) is 12.8 Å². The Kier molecular flexibility index (Phi) is 3.40. The van der Waals surface area contributed by atoms with Gasteiger partial charge in [0.1, 0.15) is 5.75 Å². The Morgan fingerprint density at radius 3 is 2.61 bits per heavy atom. The maximum Gasteiger partial charge on any atom is 0.137 e. The molecule has 0 aliphatic carbocycles. The van der Waals surface area contributed by atoms with E-state index in [2.05, 4.69) is 6.07 Å². The van der Waals surface area contributed by atoms with Crippen LogP contribution in [0.5, 0.6) is 5.75 Å². The predicted octanol–water partition coefficient (Wildman–Crippen LogP) is 3.47. The highest BCUT2D eigenvalue weighted by Gasteiger charge is 2.08. The lowest BCUT2D eigenvalue weighted by atomic mass is 10.00. The first kappa shape index (κ1) is 12.3. The lowest BCUT2D eigenvalue weighted by Gasteiger charge is -2.08. The summed E-state index contributed by atoms with van der Waals surface area (Å²) in [4.78, 5) is 0. The number of methoxy groups -OCH3 is 1. The van der Waals surface area contributed by atoms with Gasteiger partial charge in [-0.25, -0.2) is 0 Å². The molecule has 0 heterocycles. The van der Waals surface area contributed by atoms with Crippen molar-refractivity contribution in [3.63, 3.8) is 0 Å². The van der Waals surface area contributed by atoms with E-state index in [0.717, 1.165) is 11.1 Å². The first-order chi connectivity index (χ1) is 8.65. The van der Waals surface area contributed by atoms with Crippen LogP contribution in [0, 0.1) is 11.3 Å². The van der Waals surface area contributed by atoms with Gasteiger partial charge in [0, 0.05) is 5.69 Å². The molecule has 2 aromatic carbocycles. The Labute approximate surface area is 110 Å². The topological polar surface area (TPSA) is 59.0 Å². The van der Waals surface area contributed by atoms with Crippen molar-refractivity contribution in [3.05, 3.63) is 47.0 Å². The van der Waals surface area contributed by atoms with Crippen molar-refractivity contribution in [3.8, 4) is 22.9 Å². The number of hydrogen-bond acceptors (Lipinski definition) is 3. The van der Waals surface area contributed by atoms with Gasteiger partial charge in [-0.2, -0.15) is 5.26 Å². The standard InChI is InChI=1S/C14H11ClN2O/c1-18-14-5-2-9(7-13(14)15)12-4-3-11(17)6-10(12)8-16/h2-7H,17H2,1H3. The van der Waals surface area contributed by atoms with Crippen LogP contribution < -0.4 is 10.5 Å². The van der Waals surface area contributed by atoms with Gasteiger partial charge in [0.15, 0.2) is 0 Å². The van der Waals surface area contributed by atoms with Gasteiger partial charge in [0.25, 0.3) is 0 Å². The van der Waals surface area contributed by atoms with Crippen LogP contribution in [-0.4, -0.2) is 7.11 Å². The Morgan fingerprint density at radius 1 is 1.22 bits per heavy atom. The predicted molar refractivity (Wildman–Crippen MR) is 72.6 cm³/mol. The van der Waals surface area contributed by atoms with E-state index in [9.17, 15) is 0 Å². The average molecular weight is 259 g/mol. The molecule has 2 rings (SSSR count). The van der Waals surface area contributed by atoms with Crippen molar-refractivity contribution in [1.82, 2.24) is 0 Å². The summed E-state index contributed by atoms with van der Waals surface area (Å²) in [7, 11) is 1.56. The molecule has 0 unspecified atom stereocenters. The quantitative estimate of drug-likeness (QED) is 0.839. The number of halogens is 1. The molecular weight excluding hydrogens is 248 g/mol. The number of nitrogens with zero attached hydrogens (tertiary/aromatic N) is 1. The van der Waals surface area contributed by atoms with Gasteiger partial charge < -0.3 is 10.5 Å². The van der Waals surface area contributed by atoms with Crippen molar-refractivity contribution in [2.45, 2.75) is 0 Å². The number of nitrogen functional groups attached to an aromatic ring is 1. The maximum absolute atomic E-state index is 9.11. The lowest BCUT2D eigenvalue weighted by molar-refractivity contribution is 0.415. The van der Waals surface area contributed by atoms with Crippen molar-refractivity contribution < 1.29 is 4.74 Å². The number of hydrogen-bond donors (Lipinski definition) is 1. The summed E-state index contributed by atoms with van der Waals surface area (Å²) in [6.45, 7) is 0. The Balaban J connectivity index is 2.56. The molecule has 0 fully saturated rings. The molecule has 18 heavy (non-hydrogen) atoms. The normalized spacial score (nSPS) is 9.83. The molecule has 90 valence electrons. The zero-order chi connectivity index (χ0) is 13.1. The van der Waals surface area contributed by atoms with Crippen LogP contribution in [0.3, 0.4) is 0 Å². The molecule has 2 N–H and O–H groups in total. The third kappa shape index (κ3) is 2.24. The van der Waals surface area contributed by atoms with Crippen LogP contribution in [0.2, 0.25) is 5.02 Å². The molecule has 0 aliphatic heterocycles. The average Bonchev–Trinajstić information content (AvgIpc) is 2.38. The van der Waals surface area contributed by atoms with Crippen molar-refractivity contribution in [2.24, 2.45) is 0 Å². The molecule has 0 aromatic heterocycles. The van der Waals surface area contributed by atoms with E-state index in [1.54, 1.807) is 31.4 Å². The molecule has 0 saturated heterocycles. The highest BCUT2D eigenvalue weighted by atomic mass is 35.5. The molecule has 0 amide bonds. The molecule has 0 atom stereocenters. The van der Waals surface area contributed by atoms with Gasteiger partial charge in [0.05, 0.1) is 23.8 Å². The smallest absolute Gasteiger partial charge is 0.137 e. The summed E-state index contributed by atoms with van der Waals surface area (Å²) in [5, 5.41) is 9.62. The van der Waals surface area contributed by atoms with Crippen molar-refractivity contribution >= 4 is 17.3 Å². The molecule has 0 radical (unpaired) electrons. The largest absolute Gasteiger partial charge is 0.495 e. The molecule has 0 spiro atoms. The molecule has 0 bridgehead atoms. The number of rotatable bonds is 2. The Hall–Kier alpha value is -2.18. The van der Waals surface area contributed by atoms with Crippen LogP contribution in [0.15, 0.2) is 36.4 Å². The van der Waals surface area contributed by atoms with E-state index >= 15 is 0 Å². The number of ether oxygens (including phenoxy) is 1. The first-order valence-corrected chi connectivity index (χ1v) is 5.67. The van der Waals surface area contributed by atoms with Gasteiger partial charge in [0.2, 0.25) is 0 Å². The third-order valence-electron chi connectivity index (χ3n) is 2.63. The molecule has 0 aliphatic rings. The van der Waals surface area contributed by atoms with E-state index in [1.807, 2.05) is 12.1 Å². The van der Waals surface area contributed by atoms with Crippen LogP contribution in [-0.2, 0) is 0 Å². The monoisotopic (exact) mass is 258 g/mol. The van der Waals surface area contributed by atoms with Gasteiger partial charge in [-0.05, 0) is 35.4 Å². The minimum atomic E-state index is 0.510. The third-order valence-corrected chi connectivity index (χ3v) is 2.92. The summed E-state index contributed by atoms with van der Waals surface area (Å²) in [6, 6.07) is 12.7. The highest BCUT2D eigenvalue weighted by molar-refractivity contribution is 6.32. The van der Waals surface area contributed by atoms with E-state index in [-0.39, 0.29) is 0 Å². The Morgan fingerprint density at radius 2 is 2.00 bits per heavy atom. The number of benzene rings is 2. The number of nitrogens with two attached hydrogens (primary N) is 1. The summed E-state index contributed by atoms with van der Waals surface area (Å²) < 4.78 is 5.09. The summed E-state index contributed by atoms with van der Waals surface area (Å²) in [5.41, 5.74) is 8.41. The molecular formula is C14H11ClN2O. The SMILES string of the molecule is COc1ccc(-c2ccc(N)cc2C#N)cc1Cl. The minimum Gasteiger partial charge on any atom is -0.495 e. The molecule has 3 nitrogen and oxygen atoms in total. The lowest BCUT2D eigenvalue weighted by Crippen LogP contribution is -1.90. The van der Waals surface area contributed by atoms with Gasteiger partial charge >= 0.3 is 0 Å². The van der Waals surface area contributed by atoms with Crippen LogP contribution >= 0.6 is 11.6 Å². The fourth-order valence-electron chi connectivity index (χ4n) is 1.74. The zero-order valence-electron chi connectivity index (χ0n) is 9.77. The summed E-state index contributed by atoms with van der Waals surface area (Å²) in [6.07, 6.45) is 0. The second kappa shape index (κ2) is 4.99. The van der Waals surface area contributed by atoms with Crippen LogP contribution in [0.4, 0.5) is 5.69 Å². The van der Waals surface area contributed by atoms with Gasteiger partial charge in [-0.15, -0.1) is 0 Å². The summed E-state index contributed by atoms with van der Waals surface area (Å²) >= 11 is 6.07. The van der Waals surface area contributed by atoms with Crippen LogP contribution in [0.1, 0.15) is 5.56 Å². The molecule has 2 aromatic rings.